The van der Waals surface area contributed by atoms with Crippen molar-refractivity contribution in [2.24, 2.45) is 7.05 Å². The summed E-state index contributed by atoms with van der Waals surface area (Å²) in [6.07, 6.45) is 1.89. The highest BCUT2D eigenvalue weighted by molar-refractivity contribution is 6.31. The lowest BCUT2D eigenvalue weighted by molar-refractivity contribution is 0.481. The predicted octanol–water partition coefficient (Wildman–Crippen LogP) is 4.40. The van der Waals surface area contributed by atoms with E-state index in [9.17, 15) is 0 Å². The summed E-state index contributed by atoms with van der Waals surface area (Å²) in [6.45, 7) is 0. The minimum Gasteiger partial charge on any atom is -0.456 e. The molecule has 0 aliphatic heterocycles. The van der Waals surface area contributed by atoms with E-state index in [1.165, 1.54) is 0 Å². The summed E-state index contributed by atoms with van der Waals surface area (Å²) in [7, 11) is 1.88. The third kappa shape index (κ3) is 2.80. The maximum Gasteiger partial charge on any atom is 0.146 e. The first-order valence-electron chi connectivity index (χ1n) is 6.64. The summed E-state index contributed by atoms with van der Waals surface area (Å²) < 4.78 is 7.50. The Kier molecular flexibility index (Phi) is 3.82. The highest BCUT2D eigenvalue weighted by Gasteiger charge is 2.09. The van der Waals surface area contributed by atoms with Gasteiger partial charge in [-0.05, 0) is 42.5 Å². The summed E-state index contributed by atoms with van der Waals surface area (Å²) >= 11 is 5.99. The van der Waals surface area contributed by atoms with Crippen molar-refractivity contribution in [1.29, 1.82) is 5.26 Å². The number of halogens is 1. The molecule has 0 spiro atoms. The van der Waals surface area contributed by atoms with Crippen LogP contribution >= 0.6 is 11.6 Å². The van der Waals surface area contributed by atoms with Crippen LogP contribution in [0.4, 0.5) is 0 Å². The SMILES string of the molecule is Cn1ccc(-c2ccc(Oc3cccc(Cl)c3C#N)cc2)n1. The average Bonchev–Trinajstić information content (AvgIpc) is 2.95. The molecule has 1 aromatic heterocycles. The molecular weight excluding hydrogens is 298 g/mol. The van der Waals surface area contributed by atoms with Crippen LogP contribution in [0.5, 0.6) is 11.5 Å². The predicted molar refractivity (Wildman–Crippen MR) is 84.9 cm³/mol. The Hall–Kier alpha value is -2.77. The van der Waals surface area contributed by atoms with Crippen LogP contribution in [-0.4, -0.2) is 9.78 Å². The minimum absolute atomic E-state index is 0.331. The lowest BCUT2D eigenvalue weighted by Crippen LogP contribution is -1.90. The van der Waals surface area contributed by atoms with Gasteiger partial charge in [0.25, 0.3) is 0 Å². The van der Waals surface area contributed by atoms with Gasteiger partial charge >= 0.3 is 0 Å². The van der Waals surface area contributed by atoms with Crippen molar-refractivity contribution in [2.45, 2.75) is 0 Å². The first kappa shape index (κ1) is 14.2. The smallest absolute Gasteiger partial charge is 0.146 e. The molecule has 22 heavy (non-hydrogen) atoms. The first-order chi connectivity index (χ1) is 10.7. The van der Waals surface area contributed by atoms with Crippen LogP contribution < -0.4 is 4.74 Å². The van der Waals surface area contributed by atoms with E-state index in [1.807, 2.05) is 43.6 Å². The van der Waals surface area contributed by atoms with E-state index < -0.39 is 0 Å². The summed E-state index contributed by atoms with van der Waals surface area (Å²) in [5.74, 6) is 1.08. The van der Waals surface area contributed by atoms with Crippen molar-refractivity contribution in [1.82, 2.24) is 9.78 Å². The van der Waals surface area contributed by atoms with Crippen LogP contribution in [0.1, 0.15) is 5.56 Å². The molecule has 0 aliphatic rings. The largest absolute Gasteiger partial charge is 0.456 e. The molecule has 1 heterocycles. The van der Waals surface area contributed by atoms with Gasteiger partial charge in [0.2, 0.25) is 0 Å². The van der Waals surface area contributed by atoms with E-state index in [0.29, 0.717) is 22.1 Å². The second-order valence-electron chi connectivity index (χ2n) is 4.73. The Labute approximate surface area is 133 Å². The second-order valence-corrected chi connectivity index (χ2v) is 5.13. The van der Waals surface area contributed by atoms with Crippen molar-refractivity contribution in [3.05, 3.63) is 65.3 Å². The standard InChI is InChI=1S/C17H12ClN3O/c1-21-10-9-16(20-21)12-5-7-13(8-6-12)22-17-4-2-3-15(18)14(17)11-19/h2-10H,1H3. The van der Waals surface area contributed by atoms with Gasteiger partial charge in [-0.15, -0.1) is 0 Å². The Bertz CT molecular complexity index is 847. The van der Waals surface area contributed by atoms with Crippen molar-refractivity contribution in [3.8, 4) is 28.8 Å². The fourth-order valence-corrected chi connectivity index (χ4v) is 2.30. The number of aryl methyl sites for hydroxylation is 1. The normalized spacial score (nSPS) is 10.2. The molecule has 3 aromatic rings. The third-order valence-corrected chi connectivity index (χ3v) is 3.49. The quantitative estimate of drug-likeness (QED) is 0.720. The Morgan fingerprint density at radius 2 is 1.91 bits per heavy atom. The molecule has 0 fully saturated rings. The van der Waals surface area contributed by atoms with Gasteiger partial charge < -0.3 is 4.74 Å². The number of rotatable bonds is 3. The molecule has 0 N–H and O–H groups in total. The number of nitrogens with zero attached hydrogens (tertiary/aromatic N) is 3. The van der Waals surface area contributed by atoms with Crippen LogP contribution in [-0.2, 0) is 7.05 Å². The van der Waals surface area contributed by atoms with Crippen LogP contribution in [0, 0.1) is 11.3 Å². The van der Waals surface area contributed by atoms with Gasteiger partial charge in [-0.1, -0.05) is 17.7 Å². The van der Waals surface area contributed by atoms with Gasteiger partial charge in [0.1, 0.15) is 23.1 Å². The lowest BCUT2D eigenvalue weighted by Gasteiger charge is -2.08. The highest BCUT2D eigenvalue weighted by atomic mass is 35.5. The molecule has 0 aliphatic carbocycles. The summed E-state index contributed by atoms with van der Waals surface area (Å²) in [5.41, 5.74) is 2.23. The van der Waals surface area contributed by atoms with E-state index in [-0.39, 0.29) is 0 Å². The molecule has 0 saturated carbocycles. The molecule has 3 rings (SSSR count). The average molecular weight is 310 g/mol. The fourth-order valence-electron chi connectivity index (χ4n) is 2.09. The van der Waals surface area contributed by atoms with Gasteiger partial charge in [-0.25, -0.2) is 0 Å². The van der Waals surface area contributed by atoms with E-state index in [1.54, 1.807) is 22.9 Å². The zero-order chi connectivity index (χ0) is 15.5. The second kappa shape index (κ2) is 5.92. The number of aromatic nitrogens is 2. The van der Waals surface area contributed by atoms with Crippen LogP contribution in [0.15, 0.2) is 54.7 Å². The van der Waals surface area contributed by atoms with Gasteiger partial charge in [0.15, 0.2) is 0 Å². The fraction of sp³-hybridized carbons (Fsp3) is 0.0588. The van der Waals surface area contributed by atoms with E-state index in [2.05, 4.69) is 11.2 Å². The van der Waals surface area contributed by atoms with Crippen molar-refractivity contribution >= 4 is 11.6 Å². The Morgan fingerprint density at radius 3 is 2.55 bits per heavy atom. The van der Waals surface area contributed by atoms with E-state index >= 15 is 0 Å². The van der Waals surface area contributed by atoms with Gasteiger partial charge in [0.05, 0.1) is 10.7 Å². The topological polar surface area (TPSA) is 50.8 Å². The van der Waals surface area contributed by atoms with Crippen LogP contribution in [0.2, 0.25) is 5.02 Å². The lowest BCUT2D eigenvalue weighted by atomic mass is 10.1. The van der Waals surface area contributed by atoms with Gasteiger partial charge in [-0.2, -0.15) is 10.4 Å². The molecule has 5 heteroatoms. The summed E-state index contributed by atoms with van der Waals surface area (Å²) in [5, 5.41) is 13.9. The monoisotopic (exact) mass is 309 g/mol. The van der Waals surface area contributed by atoms with Crippen LogP contribution in [0.3, 0.4) is 0 Å². The van der Waals surface area contributed by atoms with Crippen molar-refractivity contribution in [2.75, 3.05) is 0 Å². The number of benzene rings is 2. The number of nitriles is 1. The third-order valence-electron chi connectivity index (χ3n) is 3.18. The first-order valence-corrected chi connectivity index (χ1v) is 7.02. The molecule has 0 amide bonds. The Balaban J connectivity index is 1.86. The zero-order valence-electron chi connectivity index (χ0n) is 11.8. The number of ether oxygens (including phenoxy) is 1. The maximum absolute atomic E-state index is 9.15. The highest BCUT2D eigenvalue weighted by Crippen LogP contribution is 2.30. The van der Waals surface area contributed by atoms with E-state index in [0.717, 1.165) is 11.3 Å². The molecule has 0 saturated heterocycles. The number of hydrogen-bond acceptors (Lipinski definition) is 3. The van der Waals surface area contributed by atoms with Crippen molar-refractivity contribution < 1.29 is 4.74 Å². The van der Waals surface area contributed by atoms with Gasteiger partial charge in [0, 0.05) is 18.8 Å². The molecule has 0 unspecified atom stereocenters. The Morgan fingerprint density at radius 1 is 1.14 bits per heavy atom. The molecular formula is C17H12ClN3O. The molecule has 0 radical (unpaired) electrons. The van der Waals surface area contributed by atoms with Gasteiger partial charge in [-0.3, -0.25) is 4.68 Å². The summed E-state index contributed by atoms with van der Waals surface area (Å²) in [4.78, 5) is 0. The minimum atomic E-state index is 0.331. The molecule has 108 valence electrons. The summed E-state index contributed by atoms with van der Waals surface area (Å²) in [6, 6.07) is 16.7. The number of hydrogen-bond donors (Lipinski definition) is 0. The maximum atomic E-state index is 9.15. The van der Waals surface area contributed by atoms with E-state index in [4.69, 9.17) is 21.6 Å². The molecule has 0 atom stereocenters. The van der Waals surface area contributed by atoms with Crippen LogP contribution in [0.25, 0.3) is 11.3 Å². The zero-order valence-corrected chi connectivity index (χ0v) is 12.6. The molecule has 4 nitrogen and oxygen atoms in total. The molecule has 0 bridgehead atoms. The van der Waals surface area contributed by atoms with Crippen molar-refractivity contribution in [3.63, 3.8) is 0 Å². The molecule has 2 aromatic carbocycles.